The minimum absolute atomic E-state index is 0.0735. The highest BCUT2D eigenvalue weighted by Gasteiger charge is 2.45. The van der Waals surface area contributed by atoms with Gasteiger partial charge in [-0.1, -0.05) is 6.07 Å². The Labute approximate surface area is 240 Å². The van der Waals surface area contributed by atoms with Gasteiger partial charge in [-0.3, -0.25) is 29.4 Å². The van der Waals surface area contributed by atoms with Gasteiger partial charge in [0, 0.05) is 18.7 Å². The summed E-state index contributed by atoms with van der Waals surface area (Å²) in [5.74, 6) is -2.14. The highest BCUT2D eigenvalue weighted by atomic mass is 16.6. The fourth-order valence-corrected chi connectivity index (χ4v) is 4.24. The fraction of sp³-hybridized carbons (Fsp3) is 0.643. The van der Waals surface area contributed by atoms with E-state index in [0.717, 1.165) is 4.90 Å². The maximum absolute atomic E-state index is 13.1. The molecule has 0 saturated carbocycles. The SMILES string of the molecule is CC(C)OCCOCCOCCOCCOCCOCCNc1cccc2c1C(=O)N(C1CCC(=O)NC1=O)C2=O. The smallest absolute Gasteiger partial charge is 0.264 e. The lowest BCUT2D eigenvalue weighted by Gasteiger charge is -2.27. The first-order valence-corrected chi connectivity index (χ1v) is 14.0. The molecule has 13 nitrogen and oxygen atoms in total. The van der Waals surface area contributed by atoms with Gasteiger partial charge in [0.05, 0.1) is 89.9 Å². The molecule has 1 fully saturated rings. The number of carbonyl (C=O) groups is 4. The summed E-state index contributed by atoms with van der Waals surface area (Å²) in [6.07, 6.45) is 0.394. The minimum atomic E-state index is -1.000. The molecule has 41 heavy (non-hydrogen) atoms. The van der Waals surface area contributed by atoms with E-state index in [1.165, 1.54) is 0 Å². The van der Waals surface area contributed by atoms with Gasteiger partial charge in [0.15, 0.2) is 0 Å². The van der Waals surface area contributed by atoms with E-state index in [4.69, 9.17) is 28.4 Å². The summed E-state index contributed by atoms with van der Waals surface area (Å²) in [6.45, 7) is 9.55. The summed E-state index contributed by atoms with van der Waals surface area (Å²) in [5, 5.41) is 5.32. The molecule has 1 aromatic rings. The van der Waals surface area contributed by atoms with E-state index < -0.39 is 29.7 Å². The third-order valence-electron chi connectivity index (χ3n) is 6.20. The summed E-state index contributed by atoms with van der Waals surface area (Å²) in [6, 6.07) is 3.92. The van der Waals surface area contributed by atoms with Gasteiger partial charge in [-0.15, -0.1) is 0 Å². The summed E-state index contributed by atoms with van der Waals surface area (Å²) in [5.41, 5.74) is 0.932. The predicted molar refractivity (Wildman–Crippen MR) is 147 cm³/mol. The maximum Gasteiger partial charge on any atom is 0.264 e. The fourth-order valence-electron chi connectivity index (χ4n) is 4.24. The van der Waals surface area contributed by atoms with E-state index in [2.05, 4.69) is 10.6 Å². The number of nitrogens with zero attached hydrogens (tertiary/aromatic N) is 1. The number of rotatable bonds is 21. The standard InChI is InChI=1S/C28H41N3O10/c1-20(2)41-19-18-40-17-16-39-15-14-38-13-12-37-11-10-36-9-8-29-22-5-3-4-21-25(22)28(35)31(27(21)34)23-6-7-24(32)30-26(23)33/h3-5,20,23,29H,6-19H2,1-2H3,(H,30,32,33). The van der Waals surface area contributed by atoms with Crippen LogP contribution in [0.3, 0.4) is 0 Å². The second-order valence-corrected chi connectivity index (χ2v) is 9.58. The van der Waals surface area contributed by atoms with Gasteiger partial charge < -0.3 is 33.7 Å². The van der Waals surface area contributed by atoms with Crippen molar-refractivity contribution in [2.24, 2.45) is 0 Å². The molecule has 2 aliphatic rings. The van der Waals surface area contributed by atoms with Gasteiger partial charge in [-0.2, -0.15) is 0 Å². The number of ether oxygens (including phenoxy) is 6. The highest BCUT2D eigenvalue weighted by Crippen LogP contribution is 2.32. The van der Waals surface area contributed by atoms with Crippen molar-refractivity contribution in [1.82, 2.24) is 10.2 Å². The van der Waals surface area contributed by atoms with Gasteiger partial charge in [-0.05, 0) is 32.4 Å². The van der Waals surface area contributed by atoms with Crippen LogP contribution in [0, 0.1) is 0 Å². The van der Waals surface area contributed by atoms with Crippen LogP contribution in [0.5, 0.6) is 0 Å². The molecule has 0 spiro atoms. The van der Waals surface area contributed by atoms with Crippen LogP contribution >= 0.6 is 0 Å². The lowest BCUT2D eigenvalue weighted by atomic mass is 10.0. The Morgan fingerprint density at radius 2 is 1.37 bits per heavy atom. The van der Waals surface area contributed by atoms with Gasteiger partial charge in [0.25, 0.3) is 11.8 Å². The summed E-state index contributed by atoms with van der Waals surface area (Å²) in [7, 11) is 0. The second kappa shape index (κ2) is 17.8. The molecule has 2 aliphatic heterocycles. The van der Waals surface area contributed by atoms with Crippen molar-refractivity contribution in [3.05, 3.63) is 29.3 Å². The molecular formula is C28H41N3O10. The first kappa shape index (κ1) is 32.6. The molecule has 0 aliphatic carbocycles. The van der Waals surface area contributed by atoms with Crippen molar-refractivity contribution < 1.29 is 47.6 Å². The van der Waals surface area contributed by atoms with Gasteiger partial charge >= 0.3 is 0 Å². The molecule has 0 bridgehead atoms. The van der Waals surface area contributed by atoms with Crippen LogP contribution in [-0.4, -0.2) is 120 Å². The van der Waals surface area contributed by atoms with Crippen LogP contribution in [-0.2, 0) is 38.0 Å². The lowest BCUT2D eigenvalue weighted by Crippen LogP contribution is -2.54. The molecule has 0 radical (unpaired) electrons. The number of hydrogen-bond donors (Lipinski definition) is 2. The molecule has 13 heteroatoms. The van der Waals surface area contributed by atoms with E-state index in [1.54, 1.807) is 18.2 Å². The Morgan fingerprint density at radius 3 is 1.93 bits per heavy atom. The average molecular weight is 580 g/mol. The molecule has 228 valence electrons. The molecule has 3 rings (SSSR count). The van der Waals surface area contributed by atoms with E-state index in [0.29, 0.717) is 84.9 Å². The average Bonchev–Trinajstić information content (AvgIpc) is 3.20. The molecule has 0 aromatic heterocycles. The van der Waals surface area contributed by atoms with Crippen molar-refractivity contribution in [3.8, 4) is 0 Å². The summed E-state index contributed by atoms with van der Waals surface area (Å²) < 4.78 is 32.7. The molecule has 2 N–H and O–H groups in total. The number of imide groups is 2. The molecule has 1 aromatic carbocycles. The van der Waals surface area contributed by atoms with Crippen molar-refractivity contribution in [3.63, 3.8) is 0 Å². The van der Waals surface area contributed by atoms with Gasteiger partial charge in [0.1, 0.15) is 6.04 Å². The van der Waals surface area contributed by atoms with Crippen LogP contribution in [0.2, 0.25) is 0 Å². The van der Waals surface area contributed by atoms with Gasteiger partial charge in [-0.25, -0.2) is 0 Å². The summed E-state index contributed by atoms with van der Waals surface area (Å²) in [4.78, 5) is 50.6. The van der Waals surface area contributed by atoms with Crippen molar-refractivity contribution >= 4 is 29.3 Å². The lowest BCUT2D eigenvalue weighted by molar-refractivity contribution is -0.136. The Kier molecular flexibility index (Phi) is 14.1. The zero-order chi connectivity index (χ0) is 29.5. The number of amides is 4. The first-order chi connectivity index (χ1) is 19.9. The number of hydrogen-bond acceptors (Lipinski definition) is 11. The van der Waals surface area contributed by atoms with Crippen molar-refractivity contribution in [2.45, 2.75) is 38.8 Å². The topological polar surface area (TPSA) is 151 Å². The Bertz CT molecular complexity index is 1020. The normalized spacial score (nSPS) is 17.0. The Morgan fingerprint density at radius 1 is 0.805 bits per heavy atom. The third kappa shape index (κ3) is 10.4. The van der Waals surface area contributed by atoms with E-state index in [1.807, 2.05) is 13.8 Å². The zero-order valence-electron chi connectivity index (χ0n) is 23.8. The molecule has 1 saturated heterocycles. The van der Waals surface area contributed by atoms with Crippen LogP contribution in [0.25, 0.3) is 0 Å². The zero-order valence-corrected chi connectivity index (χ0v) is 23.8. The largest absolute Gasteiger partial charge is 0.382 e. The molecule has 4 amide bonds. The van der Waals surface area contributed by atoms with Crippen LogP contribution in [0.15, 0.2) is 18.2 Å². The number of carbonyl (C=O) groups excluding carboxylic acids is 4. The van der Waals surface area contributed by atoms with E-state index >= 15 is 0 Å². The van der Waals surface area contributed by atoms with E-state index in [-0.39, 0.29) is 30.1 Å². The number of benzene rings is 1. The number of fused-ring (bicyclic) bond motifs is 1. The number of anilines is 1. The Hall–Kier alpha value is -2.94. The van der Waals surface area contributed by atoms with Crippen LogP contribution in [0.4, 0.5) is 5.69 Å². The maximum atomic E-state index is 13.1. The predicted octanol–water partition coefficient (Wildman–Crippen LogP) is 1.01. The van der Waals surface area contributed by atoms with Gasteiger partial charge in [0.2, 0.25) is 11.8 Å². The summed E-state index contributed by atoms with van der Waals surface area (Å²) >= 11 is 0. The minimum Gasteiger partial charge on any atom is -0.382 e. The number of nitrogens with one attached hydrogen (secondary N) is 2. The second-order valence-electron chi connectivity index (χ2n) is 9.58. The Balaban J connectivity index is 1.20. The molecule has 1 unspecified atom stereocenters. The molecular weight excluding hydrogens is 538 g/mol. The third-order valence-corrected chi connectivity index (χ3v) is 6.20. The van der Waals surface area contributed by atoms with Crippen molar-refractivity contribution in [2.75, 3.05) is 84.5 Å². The van der Waals surface area contributed by atoms with Crippen LogP contribution in [0.1, 0.15) is 47.4 Å². The molecule has 2 heterocycles. The first-order valence-electron chi connectivity index (χ1n) is 14.0. The highest BCUT2D eigenvalue weighted by molar-refractivity contribution is 6.25. The van der Waals surface area contributed by atoms with E-state index in [9.17, 15) is 19.2 Å². The monoisotopic (exact) mass is 579 g/mol. The quantitative estimate of drug-likeness (QED) is 0.159. The molecule has 1 atom stereocenters. The number of piperidine rings is 1. The van der Waals surface area contributed by atoms with Crippen LogP contribution < -0.4 is 10.6 Å². The van der Waals surface area contributed by atoms with Crippen molar-refractivity contribution in [1.29, 1.82) is 0 Å².